The Balaban J connectivity index is 2.22. The third kappa shape index (κ3) is 3.23. The predicted molar refractivity (Wildman–Crippen MR) is 73.5 cm³/mol. The number of hydrogen-bond acceptors (Lipinski definition) is 6. The number of hydrogen-bond donors (Lipinski definition) is 1. The van der Waals surface area contributed by atoms with E-state index in [0.29, 0.717) is 11.4 Å². The first-order chi connectivity index (χ1) is 9.24. The number of nitrogens with one attached hydrogen (secondary N) is 1. The molecule has 0 aliphatic heterocycles. The lowest BCUT2D eigenvalue weighted by Crippen LogP contribution is -2.22. The van der Waals surface area contributed by atoms with Crippen LogP contribution in [0.5, 0.6) is 5.75 Å². The summed E-state index contributed by atoms with van der Waals surface area (Å²) in [6.45, 7) is 0. The Morgan fingerprint density at radius 1 is 1.42 bits per heavy atom. The molecule has 1 aromatic heterocycles. The molecule has 1 unspecified atom stereocenters. The van der Waals surface area contributed by atoms with Gasteiger partial charge in [-0.05, 0) is 12.1 Å². The summed E-state index contributed by atoms with van der Waals surface area (Å²) in [4.78, 5) is 16.0. The zero-order chi connectivity index (χ0) is 13.7. The summed E-state index contributed by atoms with van der Waals surface area (Å²) in [6.07, 6.45) is 0. The molecule has 100 valence electrons. The van der Waals surface area contributed by atoms with Gasteiger partial charge in [0.15, 0.2) is 6.04 Å². The van der Waals surface area contributed by atoms with Crippen molar-refractivity contribution in [1.82, 2.24) is 4.98 Å². The van der Waals surface area contributed by atoms with E-state index in [1.807, 2.05) is 29.6 Å². The smallest absolute Gasteiger partial charge is 0.334 e. The van der Waals surface area contributed by atoms with Crippen LogP contribution in [0.4, 0.5) is 5.69 Å². The summed E-state index contributed by atoms with van der Waals surface area (Å²) in [5, 5.41) is 4.91. The second-order valence-electron chi connectivity index (χ2n) is 3.75. The Kier molecular flexibility index (Phi) is 4.35. The SMILES string of the molecule is COC(=O)C(Nc1cccc(OC)c1)c1cscn1. The van der Waals surface area contributed by atoms with Crippen molar-refractivity contribution in [3.8, 4) is 5.75 Å². The maximum Gasteiger partial charge on any atom is 0.334 e. The van der Waals surface area contributed by atoms with Gasteiger partial charge in [0.25, 0.3) is 0 Å². The van der Waals surface area contributed by atoms with Gasteiger partial charge in [0, 0.05) is 17.1 Å². The molecule has 0 aliphatic carbocycles. The number of benzene rings is 1. The van der Waals surface area contributed by atoms with E-state index < -0.39 is 6.04 Å². The monoisotopic (exact) mass is 278 g/mol. The number of ether oxygens (including phenoxy) is 2. The molecule has 19 heavy (non-hydrogen) atoms. The summed E-state index contributed by atoms with van der Waals surface area (Å²) in [5.74, 6) is 0.334. The molecule has 1 N–H and O–H groups in total. The number of thiazole rings is 1. The van der Waals surface area contributed by atoms with Crippen LogP contribution in [0.15, 0.2) is 35.2 Å². The molecular formula is C13H14N2O3S. The molecule has 0 saturated carbocycles. The van der Waals surface area contributed by atoms with Crippen LogP contribution in [0.3, 0.4) is 0 Å². The molecule has 0 aliphatic rings. The molecule has 0 amide bonds. The predicted octanol–water partition coefficient (Wildman–Crippen LogP) is 2.48. The fourth-order valence-corrected chi connectivity index (χ4v) is 2.20. The van der Waals surface area contributed by atoms with Gasteiger partial charge in [0.05, 0.1) is 25.4 Å². The number of esters is 1. The molecule has 0 saturated heterocycles. The van der Waals surface area contributed by atoms with Crippen LogP contribution in [-0.2, 0) is 9.53 Å². The van der Waals surface area contributed by atoms with Crippen molar-refractivity contribution in [3.05, 3.63) is 40.8 Å². The minimum atomic E-state index is -0.622. The van der Waals surface area contributed by atoms with Crippen molar-refractivity contribution in [2.75, 3.05) is 19.5 Å². The number of carbonyl (C=O) groups excluding carboxylic acids is 1. The molecular weight excluding hydrogens is 264 g/mol. The van der Waals surface area contributed by atoms with Crippen molar-refractivity contribution < 1.29 is 14.3 Å². The quantitative estimate of drug-likeness (QED) is 0.851. The second kappa shape index (κ2) is 6.19. The maximum atomic E-state index is 11.8. The van der Waals surface area contributed by atoms with Crippen molar-refractivity contribution in [3.63, 3.8) is 0 Å². The first-order valence-electron chi connectivity index (χ1n) is 5.61. The van der Waals surface area contributed by atoms with Crippen LogP contribution in [-0.4, -0.2) is 25.2 Å². The average Bonchev–Trinajstić information content (AvgIpc) is 2.98. The van der Waals surface area contributed by atoms with Gasteiger partial charge < -0.3 is 14.8 Å². The van der Waals surface area contributed by atoms with Crippen molar-refractivity contribution in [2.45, 2.75) is 6.04 Å². The summed E-state index contributed by atoms with van der Waals surface area (Å²) >= 11 is 1.43. The van der Waals surface area contributed by atoms with Gasteiger partial charge in [-0.25, -0.2) is 9.78 Å². The second-order valence-corrected chi connectivity index (χ2v) is 4.46. The van der Waals surface area contributed by atoms with Crippen LogP contribution in [0.2, 0.25) is 0 Å². The van der Waals surface area contributed by atoms with Gasteiger partial charge in [0.1, 0.15) is 5.75 Å². The topological polar surface area (TPSA) is 60.5 Å². The molecule has 1 heterocycles. The van der Waals surface area contributed by atoms with E-state index in [2.05, 4.69) is 10.3 Å². The lowest BCUT2D eigenvalue weighted by molar-refractivity contribution is -0.141. The lowest BCUT2D eigenvalue weighted by atomic mass is 10.2. The number of carbonyl (C=O) groups is 1. The molecule has 0 radical (unpaired) electrons. The van der Waals surface area contributed by atoms with E-state index in [1.54, 1.807) is 12.6 Å². The van der Waals surface area contributed by atoms with E-state index in [0.717, 1.165) is 5.69 Å². The molecule has 5 nitrogen and oxygen atoms in total. The highest BCUT2D eigenvalue weighted by Gasteiger charge is 2.23. The van der Waals surface area contributed by atoms with E-state index >= 15 is 0 Å². The molecule has 2 aromatic rings. The third-order valence-electron chi connectivity index (χ3n) is 2.56. The highest BCUT2D eigenvalue weighted by atomic mass is 32.1. The van der Waals surface area contributed by atoms with Gasteiger partial charge in [-0.15, -0.1) is 11.3 Å². The van der Waals surface area contributed by atoms with Crippen LogP contribution in [0.1, 0.15) is 11.7 Å². The maximum absolute atomic E-state index is 11.8. The van der Waals surface area contributed by atoms with Gasteiger partial charge in [-0.2, -0.15) is 0 Å². The van der Waals surface area contributed by atoms with Gasteiger partial charge in [-0.1, -0.05) is 6.07 Å². The molecule has 2 rings (SSSR count). The Hall–Kier alpha value is -2.08. The number of methoxy groups -OCH3 is 2. The average molecular weight is 278 g/mol. The summed E-state index contributed by atoms with van der Waals surface area (Å²) in [7, 11) is 2.95. The van der Waals surface area contributed by atoms with Gasteiger partial charge >= 0.3 is 5.97 Å². The van der Waals surface area contributed by atoms with E-state index in [-0.39, 0.29) is 5.97 Å². The Labute approximate surface area is 115 Å². The minimum absolute atomic E-state index is 0.381. The summed E-state index contributed by atoms with van der Waals surface area (Å²) < 4.78 is 9.94. The Bertz CT molecular complexity index is 543. The van der Waals surface area contributed by atoms with Crippen molar-refractivity contribution in [2.24, 2.45) is 0 Å². The third-order valence-corrected chi connectivity index (χ3v) is 3.17. The van der Waals surface area contributed by atoms with Crippen molar-refractivity contribution >= 4 is 23.0 Å². The Morgan fingerprint density at radius 2 is 2.26 bits per heavy atom. The van der Waals surface area contributed by atoms with Crippen LogP contribution < -0.4 is 10.1 Å². The molecule has 0 bridgehead atoms. The van der Waals surface area contributed by atoms with Gasteiger partial charge in [-0.3, -0.25) is 0 Å². The first kappa shape index (κ1) is 13.4. The van der Waals surface area contributed by atoms with Gasteiger partial charge in [0.2, 0.25) is 0 Å². The number of rotatable bonds is 5. The largest absolute Gasteiger partial charge is 0.497 e. The van der Waals surface area contributed by atoms with Crippen LogP contribution in [0.25, 0.3) is 0 Å². The zero-order valence-electron chi connectivity index (χ0n) is 10.6. The molecule has 1 aromatic carbocycles. The van der Waals surface area contributed by atoms with E-state index in [4.69, 9.17) is 9.47 Å². The van der Waals surface area contributed by atoms with Crippen LogP contribution >= 0.6 is 11.3 Å². The number of nitrogens with zero attached hydrogens (tertiary/aromatic N) is 1. The lowest BCUT2D eigenvalue weighted by Gasteiger charge is -2.16. The normalized spacial score (nSPS) is 11.7. The fraction of sp³-hybridized carbons (Fsp3) is 0.231. The standard InChI is InChI=1S/C13H14N2O3S/c1-17-10-5-3-4-9(6-10)15-12(13(16)18-2)11-7-19-8-14-11/h3-8,12,15H,1-2H3. The zero-order valence-corrected chi connectivity index (χ0v) is 11.4. The first-order valence-corrected chi connectivity index (χ1v) is 6.55. The number of anilines is 1. The highest BCUT2D eigenvalue weighted by molar-refractivity contribution is 7.07. The van der Waals surface area contributed by atoms with E-state index in [1.165, 1.54) is 18.4 Å². The fourth-order valence-electron chi connectivity index (χ4n) is 1.62. The summed E-state index contributed by atoms with van der Waals surface area (Å²) in [6, 6.07) is 6.72. The minimum Gasteiger partial charge on any atom is -0.497 e. The Morgan fingerprint density at radius 3 is 2.89 bits per heavy atom. The molecule has 0 spiro atoms. The summed E-state index contributed by atoms with van der Waals surface area (Å²) in [5.41, 5.74) is 3.08. The van der Waals surface area contributed by atoms with E-state index in [9.17, 15) is 4.79 Å². The van der Waals surface area contributed by atoms with Crippen LogP contribution in [0, 0.1) is 0 Å². The molecule has 6 heteroatoms. The molecule has 1 atom stereocenters. The highest BCUT2D eigenvalue weighted by Crippen LogP contribution is 2.23. The van der Waals surface area contributed by atoms with Crippen molar-refractivity contribution in [1.29, 1.82) is 0 Å². The number of aromatic nitrogens is 1. The molecule has 0 fully saturated rings.